The van der Waals surface area contributed by atoms with E-state index in [1.165, 1.54) is 0 Å². The average Bonchev–Trinajstić information content (AvgIpc) is 3.05. The van der Waals surface area contributed by atoms with Crippen molar-refractivity contribution in [3.63, 3.8) is 0 Å². The average molecular weight is 386 g/mol. The molecule has 142 valence electrons. The molecule has 1 atom stereocenters. The minimum Gasteiger partial charge on any atom is -0.387 e. The highest BCUT2D eigenvalue weighted by molar-refractivity contribution is 7.15. The lowest BCUT2D eigenvalue weighted by Gasteiger charge is -2.35. The lowest BCUT2D eigenvalue weighted by molar-refractivity contribution is -0.138. The van der Waals surface area contributed by atoms with E-state index in [1.807, 2.05) is 36.9 Å². The van der Waals surface area contributed by atoms with Crippen LogP contribution in [0.1, 0.15) is 27.8 Å². The summed E-state index contributed by atoms with van der Waals surface area (Å²) in [6.45, 7) is 6.93. The van der Waals surface area contributed by atoms with Gasteiger partial charge in [0.2, 0.25) is 10.1 Å². The van der Waals surface area contributed by atoms with Gasteiger partial charge in [0.1, 0.15) is 0 Å². The zero-order valence-electron chi connectivity index (χ0n) is 14.6. The van der Waals surface area contributed by atoms with Crippen molar-refractivity contribution >= 4 is 16.5 Å². The molecule has 1 N–H and O–H groups in total. The molecule has 2 aromatic rings. The molecule has 1 unspecified atom stereocenters. The number of anilines is 1. The maximum atomic E-state index is 12.6. The van der Waals surface area contributed by atoms with Crippen molar-refractivity contribution in [1.82, 2.24) is 15.1 Å². The molecule has 1 aromatic heterocycles. The van der Waals surface area contributed by atoms with Crippen LogP contribution in [0.5, 0.6) is 0 Å². The minimum atomic E-state index is -4.45. The third kappa shape index (κ3) is 4.33. The summed E-state index contributed by atoms with van der Waals surface area (Å²) in [6, 6.07) is 5.98. The smallest absolute Gasteiger partial charge is 0.387 e. The van der Waals surface area contributed by atoms with Crippen LogP contribution in [0.4, 0.5) is 18.3 Å². The molecule has 0 radical (unpaired) electrons. The van der Waals surface area contributed by atoms with Crippen LogP contribution in [0.25, 0.3) is 0 Å². The number of aromatic nitrogens is 2. The molecule has 1 aliphatic rings. The zero-order chi connectivity index (χ0) is 18.9. The number of piperazine rings is 1. The number of alkyl halides is 3. The number of β-amino-alcohol motifs (C(OH)–C–C–N with tert-alkyl or cyclic N) is 1. The van der Waals surface area contributed by atoms with Gasteiger partial charge < -0.3 is 10.0 Å². The van der Waals surface area contributed by atoms with Crippen molar-refractivity contribution in [3.05, 3.63) is 39.9 Å². The predicted molar refractivity (Wildman–Crippen MR) is 94.4 cm³/mol. The lowest BCUT2D eigenvalue weighted by atomic mass is 10.0. The number of aryl methyl sites for hydroxylation is 2. The molecule has 1 saturated heterocycles. The van der Waals surface area contributed by atoms with E-state index in [0.29, 0.717) is 49.2 Å². The molecule has 0 bridgehead atoms. The highest BCUT2D eigenvalue weighted by Crippen LogP contribution is 2.34. The second kappa shape index (κ2) is 7.50. The first kappa shape index (κ1) is 19.1. The molecule has 0 spiro atoms. The lowest BCUT2D eigenvalue weighted by Crippen LogP contribution is -2.47. The molecule has 0 aliphatic carbocycles. The summed E-state index contributed by atoms with van der Waals surface area (Å²) in [7, 11) is 0. The molecule has 1 fully saturated rings. The highest BCUT2D eigenvalue weighted by atomic mass is 32.1. The van der Waals surface area contributed by atoms with Gasteiger partial charge >= 0.3 is 6.18 Å². The third-order valence-electron chi connectivity index (χ3n) is 4.52. The molecule has 1 aliphatic heterocycles. The van der Waals surface area contributed by atoms with Crippen molar-refractivity contribution in [1.29, 1.82) is 0 Å². The fourth-order valence-electron chi connectivity index (χ4n) is 3.12. The Morgan fingerprint density at radius 2 is 1.85 bits per heavy atom. The first-order valence-corrected chi connectivity index (χ1v) is 9.19. The standard InChI is InChI=1S/C17H21F3N4OS/c1-11-3-4-13(12(2)9-11)14(25)10-23-5-7-24(8-6-23)16-22-21-15(26-16)17(18,19)20/h3-4,9,14,25H,5-8,10H2,1-2H3. The predicted octanol–water partition coefficient (Wildman–Crippen LogP) is 3.03. The van der Waals surface area contributed by atoms with Crippen LogP contribution in [0.2, 0.25) is 0 Å². The van der Waals surface area contributed by atoms with Crippen LogP contribution in [-0.2, 0) is 6.18 Å². The Kier molecular flexibility index (Phi) is 5.50. The second-order valence-corrected chi connectivity index (χ2v) is 7.51. The van der Waals surface area contributed by atoms with Crippen molar-refractivity contribution in [2.45, 2.75) is 26.1 Å². The van der Waals surface area contributed by atoms with Gasteiger partial charge in [-0.15, -0.1) is 10.2 Å². The van der Waals surface area contributed by atoms with Gasteiger partial charge in [-0.05, 0) is 25.0 Å². The number of hydrogen-bond acceptors (Lipinski definition) is 6. The van der Waals surface area contributed by atoms with E-state index in [-0.39, 0.29) is 0 Å². The second-order valence-electron chi connectivity index (χ2n) is 6.55. The number of rotatable bonds is 4. The quantitative estimate of drug-likeness (QED) is 0.876. The Balaban J connectivity index is 1.56. The fourth-order valence-corrected chi connectivity index (χ4v) is 3.89. The summed E-state index contributed by atoms with van der Waals surface area (Å²) in [5, 5.41) is 16.8. The van der Waals surface area contributed by atoms with Crippen molar-refractivity contribution in [3.8, 4) is 0 Å². The van der Waals surface area contributed by atoms with Gasteiger partial charge in [0.15, 0.2) is 0 Å². The summed E-state index contributed by atoms with van der Waals surface area (Å²) in [4.78, 5) is 3.93. The van der Waals surface area contributed by atoms with Crippen LogP contribution >= 0.6 is 11.3 Å². The van der Waals surface area contributed by atoms with E-state index in [9.17, 15) is 18.3 Å². The first-order valence-electron chi connectivity index (χ1n) is 8.37. The van der Waals surface area contributed by atoms with Crippen LogP contribution in [-0.4, -0.2) is 52.9 Å². The molecular formula is C17H21F3N4OS. The molecule has 1 aromatic carbocycles. The molecule has 0 amide bonds. The number of halogens is 3. The first-order chi connectivity index (χ1) is 12.2. The minimum absolute atomic E-state index is 0.298. The van der Waals surface area contributed by atoms with Crippen LogP contribution in [0.3, 0.4) is 0 Å². The summed E-state index contributed by atoms with van der Waals surface area (Å²) >= 11 is 0.572. The van der Waals surface area contributed by atoms with E-state index in [0.717, 1.165) is 16.7 Å². The maximum absolute atomic E-state index is 12.6. The molecular weight excluding hydrogens is 365 g/mol. The molecule has 5 nitrogen and oxygen atoms in total. The maximum Gasteiger partial charge on any atom is 0.445 e. The third-order valence-corrected chi connectivity index (χ3v) is 5.54. The molecule has 26 heavy (non-hydrogen) atoms. The summed E-state index contributed by atoms with van der Waals surface area (Å²) in [6.07, 6.45) is -5.03. The Morgan fingerprint density at radius 3 is 2.42 bits per heavy atom. The monoisotopic (exact) mass is 386 g/mol. The van der Waals surface area contributed by atoms with Crippen LogP contribution < -0.4 is 4.90 Å². The number of aliphatic hydroxyl groups excluding tert-OH is 1. The van der Waals surface area contributed by atoms with Gasteiger partial charge in [0.25, 0.3) is 0 Å². The Bertz CT molecular complexity index is 757. The van der Waals surface area contributed by atoms with E-state index in [1.54, 1.807) is 0 Å². The molecule has 0 saturated carbocycles. The number of benzene rings is 1. The van der Waals surface area contributed by atoms with E-state index in [4.69, 9.17) is 0 Å². The summed E-state index contributed by atoms with van der Waals surface area (Å²) in [5.74, 6) is 0. The largest absolute Gasteiger partial charge is 0.445 e. The fraction of sp³-hybridized carbons (Fsp3) is 0.529. The molecule has 3 rings (SSSR count). The van der Waals surface area contributed by atoms with Crippen LogP contribution in [0, 0.1) is 13.8 Å². The summed E-state index contributed by atoms with van der Waals surface area (Å²) < 4.78 is 37.9. The summed E-state index contributed by atoms with van der Waals surface area (Å²) in [5.41, 5.74) is 3.13. The van der Waals surface area contributed by atoms with Gasteiger partial charge in [-0.25, -0.2) is 0 Å². The Morgan fingerprint density at radius 1 is 1.15 bits per heavy atom. The topological polar surface area (TPSA) is 52.5 Å². The molecule has 2 heterocycles. The molecule has 9 heteroatoms. The van der Waals surface area contributed by atoms with Crippen molar-refractivity contribution in [2.24, 2.45) is 0 Å². The SMILES string of the molecule is Cc1ccc(C(O)CN2CCN(c3nnc(C(F)(F)F)s3)CC2)c(C)c1. The van der Waals surface area contributed by atoms with Crippen molar-refractivity contribution < 1.29 is 18.3 Å². The Labute approximate surface area is 154 Å². The van der Waals surface area contributed by atoms with Gasteiger partial charge in [-0.3, -0.25) is 4.90 Å². The van der Waals surface area contributed by atoms with Gasteiger partial charge in [-0.1, -0.05) is 35.1 Å². The van der Waals surface area contributed by atoms with Crippen molar-refractivity contribution in [2.75, 3.05) is 37.6 Å². The number of nitrogens with zero attached hydrogens (tertiary/aromatic N) is 4. The van der Waals surface area contributed by atoms with Gasteiger partial charge in [0, 0.05) is 32.7 Å². The highest BCUT2D eigenvalue weighted by Gasteiger charge is 2.36. The van der Waals surface area contributed by atoms with E-state index < -0.39 is 17.3 Å². The van der Waals surface area contributed by atoms with E-state index >= 15 is 0 Å². The van der Waals surface area contributed by atoms with E-state index in [2.05, 4.69) is 15.1 Å². The van der Waals surface area contributed by atoms with Gasteiger partial charge in [0.05, 0.1) is 6.10 Å². The van der Waals surface area contributed by atoms with Crippen LogP contribution in [0.15, 0.2) is 18.2 Å². The number of aliphatic hydroxyl groups is 1. The number of hydrogen-bond donors (Lipinski definition) is 1. The zero-order valence-corrected chi connectivity index (χ0v) is 15.4. The Hall–Kier alpha value is -1.71. The van der Waals surface area contributed by atoms with Gasteiger partial charge in [-0.2, -0.15) is 13.2 Å². The normalized spacial score (nSPS) is 17.5.